The summed E-state index contributed by atoms with van der Waals surface area (Å²) in [5, 5.41) is 0. The van der Waals surface area contributed by atoms with Crippen molar-refractivity contribution in [2.75, 3.05) is 13.2 Å². The molecule has 0 heterocycles. The molecule has 8 nitrogen and oxygen atoms in total. The summed E-state index contributed by atoms with van der Waals surface area (Å²) in [4.78, 5) is 34.8. The van der Waals surface area contributed by atoms with Gasteiger partial charge in [0.1, 0.15) is 23.0 Å². The Hall–Kier alpha value is -6.02. The summed E-state index contributed by atoms with van der Waals surface area (Å²) in [6.45, 7) is 5.76. The Labute approximate surface area is 312 Å². The first kappa shape index (κ1) is 38.2. The Morgan fingerprint density at radius 2 is 0.925 bits per heavy atom. The van der Waals surface area contributed by atoms with Crippen LogP contribution < -0.4 is 18.9 Å². The monoisotopic (exact) mass is 710 g/mol. The maximum atomic E-state index is 12.9. The number of unbranched alkanes of at least 4 members (excludes halogenated alkanes) is 5. The molecule has 0 unspecified atom stereocenters. The van der Waals surface area contributed by atoms with Gasteiger partial charge in [0.15, 0.2) is 0 Å². The highest BCUT2D eigenvalue weighted by Crippen LogP contribution is 2.23. The van der Waals surface area contributed by atoms with Crippen LogP contribution in [0.5, 0.6) is 23.0 Å². The molecule has 0 saturated heterocycles. The number of carbonyl (C=O) groups excluding carboxylic acids is 2. The number of ether oxygens (including phenoxy) is 4. The number of benzene rings is 5. The molecule has 0 fully saturated rings. The molecule has 0 aliphatic rings. The van der Waals surface area contributed by atoms with Gasteiger partial charge in [-0.1, -0.05) is 76.3 Å². The average molecular weight is 711 g/mol. The van der Waals surface area contributed by atoms with Gasteiger partial charge >= 0.3 is 11.9 Å². The maximum Gasteiger partial charge on any atom is 0.343 e. The number of esters is 2. The van der Waals surface area contributed by atoms with Gasteiger partial charge in [-0.05, 0) is 109 Å². The lowest BCUT2D eigenvalue weighted by Gasteiger charge is -2.08. The highest BCUT2D eigenvalue weighted by Gasteiger charge is 2.12. The molecular weight excluding hydrogens is 665 g/mol. The third-order valence-electron chi connectivity index (χ3n) is 8.20. The summed E-state index contributed by atoms with van der Waals surface area (Å²) in [5.41, 5.74) is 4.01. The summed E-state index contributed by atoms with van der Waals surface area (Å²) < 4.78 is 22.7. The van der Waals surface area contributed by atoms with E-state index >= 15 is 0 Å². The fraction of sp³-hybridized carbons (Fsp3) is 0.244. The molecule has 0 saturated carbocycles. The Morgan fingerprint density at radius 1 is 0.491 bits per heavy atom. The van der Waals surface area contributed by atoms with Crippen LogP contribution in [0.15, 0.2) is 131 Å². The molecule has 0 amide bonds. The van der Waals surface area contributed by atoms with E-state index in [4.69, 9.17) is 18.9 Å². The van der Waals surface area contributed by atoms with Crippen molar-refractivity contribution in [2.24, 2.45) is 9.98 Å². The number of nitrogens with zero attached hydrogens (tertiary/aromatic N) is 2. The van der Waals surface area contributed by atoms with Crippen molar-refractivity contribution in [3.05, 3.63) is 144 Å². The van der Waals surface area contributed by atoms with E-state index in [1.165, 1.54) is 31.7 Å². The van der Waals surface area contributed by atoms with Crippen LogP contribution in [0.4, 0.5) is 11.4 Å². The normalized spacial score (nSPS) is 11.1. The molecule has 53 heavy (non-hydrogen) atoms. The standard InChI is InChI=1S/C45H46N2O6/c1-3-5-7-8-9-30-51-41-27-23-39(24-28-41)47-33-35-15-19-37(20-16-35)45(49)53-43-12-10-11-42(31-43)52-44(48)36-17-13-34(14-18-36)32-46-38-21-25-40(26-22-38)50-29-6-4-2/h10-28,31-33H,3-9,29-30H2,1-2H3. The van der Waals surface area contributed by atoms with Crippen LogP contribution in [-0.2, 0) is 0 Å². The first-order valence-corrected chi connectivity index (χ1v) is 18.3. The Bertz CT molecular complexity index is 1930. The smallest absolute Gasteiger partial charge is 0.343 e. The summed E-state index contributed by atoms with van der Waals surface area (Å²) >= 11 is 0. The average Bonchev–Trinajstić information content (AvgIpc) is 3.19. The molecule has 0 radical (unpaired) electrons. The van der Waals surface area contributed by atoms with E-state index in [9.17, 15) is 9.59 Å². The van der Waals surface area contributed by atoms with E-state index < -0.39 is 11.9 Å². The Kier molecular flexibility index (Phi) is 15.0. The Balaban J connectivity index is 1.07. The van der Waals surface area contributed by atoms with Gasteiger partial charge in [0, 0.05) is 18.5 Å². The van der Waals surface area contributed by atoms with Crippen LogP contribution in [-0.4, -0.2) is 37.6 Å². The SMILES string of the molecule is CCCCCCCOc1ccc(N=Cc2ccc(C(=O)Oc3cccc(OC(=O)c4ccc(C=Nc5ccc(OCCCC)cc5)cc4)c3)cc2)cc1. The zero-order valence-electron chi connectivity index (χ0n) is 30.4. The predicted molar refractivity (Wildman–Crippen MR) is 211 cm³/mol. The first-order valence-electron chi connectivity index (χ1n) is 18.3. The summed E-state index contributed by atoms with van der Waals surface area (Å²) in [7, 11) is 0. The molecule has 5 aromatic carbocycles. The summed E-state index contributed by atoms with van der Waals surface area (Å²) in [5.74, 6) is 1.09. The molecule has 8 heteroatoms. The number of rotatable bonds is 19. The second-order valence-corrected chi connectivity index (χ2v) is 12.5. The van der Waals surface area contributed by atoms with Crippen molar-refractivity contribution in [3.63, 3.8) is 0 Å². The largest absolute Gasteiger partial charge is 0.494 e. The number of carbonyl (C=O) groups is 2. The van der Waals surface area contributed by atoms with Crippen LogP contribution in [0.3, 0.4) is 0 Å². The van der Waals surface area contributed by atoms with Crippen molar-refractivity contribution in [3.8, 4) is 23.0 Å². The molecule has 0 N–H and O–H groups in total. The third-order valence-corrected chi connectivity index (χ3v) is 8.20. The molecule has 0 bridgehead atoms. The molecule has 5 aromatic rings. The molecule has 0 aromatic heterocycles. The van der Waals surface area contributed by atoms with Gasteiger partial charge in [0.25, 0.3) is 0 Å². The molecule has 0 aliphatic carbocycles. The lowest BCUT2D eigenvalue weighted by Crippen LogP contribution is -2.10. The fourth-order valence-electron chi connectivity index (χ4n) is 5.13. The van der Waals surface area contributed by atoms with Crippen molar-refractivity contribution in [1.82, 2.24) is 0 Å². The molecular formula is C45H46N2O6. The zero-order valence-corrected chi connectivity index (χ0v) is 30.4. The minimum atomic E-state index is -0.537. The highest BCUT2D eigenvalue weighted by atomic mass is 16.5. The van der Waals surface area contributed by atoms with Crippen molar-refractivity contribution in [2.45, 2.75) is 58.8 Å². The maximum absolute atomic E-state index is 12.9. The number of hydrogen-bond donors (Lipinski definition) is 0. The lowest BCUT2D eigenvalue weighted by molar-refractivity contribution is 0.0733. The quantitative estimate of drug-likeness (QED) is 0.0366. The lowest BCUT2D eigenvalue weighted by atomic mass is 10.1. The molecule has 0 aliphatic heterocycles. The van der Waals surface area contributed by atoms with Gasteiger partial charge in [0.2, 0.25) is 0 Å². The second kappa shape index (κ2) is 20.7. The van der Waals surface area contributed by atoms with Gasteiger partial charge in [-0.2, -0.15) is 0 Å². The van der Waals surface area contributed by atoms with Crippen LogP contribution in [0.1, 0.15) is 90.6 Å². The van der Waals surface area contributed by atoms with Crippen molar-refractivity contribution >= 4 is 35.7 Å². The van der Waals surface area contributed by atoms with Crippen LogP contribution in [0.25, 0.3) is 0 Å². The predicted octanol–water partition coefficient (Wildman–Crippen LogP) is 11.2. The molecule has 5 rings (SSSR count). The first-order chi connectivity index (χ1) is 26.0. The van der Waals surface area contributed by atoms with Gasteiger partial charge in [-0.25, -0.2) is 9.59 Å². The summed E-state index contributed by atoms with van der Waals surface area (Å²) in [6.07, 6.45) is 11.6. The van der Waals surface area contributed by atoms with E-state index in [1.54, 1.807) is 79.2 Å². The molecule has 272 valence electrons. The van der Waals surface area contributed by atoms with Crippen LogP contribution in [0.2, 0.25) is 0 Å². The third kappa shape index (κ3) is 12.9. The van der Waals surface area contributed by atoms with E-state index in [2.05, 4.69) is 23.8 Å². The van der Waals surface area contributed by atoms with Gasteiger partial charge in [-0.15, -0.1) is 0 Å². The van der Waals surface area contributed by atoms with E-state index in [0.717, 1.165) is 59.9 Å². The van der Waals surface area contributed by atoms with Crippen molar-refractivity contribution < 1.29 is 28.5 Å². The van der Waals surface area contributed by atoms with Gasteiger partial charge < -0.3 is 18.9 Å². The second-order valence-electron chi connectivity index (χ2n) is 12.5. The van der Waals surface area contributed by atoms with Crippen molar-refractivity contribution in [1.29, 1.82) is 0 Å². The minimum Gasteiger partial charge on any atom is -0.494 e. The van der Waals surface area contributed by atoms with E-state index in [1.807, 2.05) is 48.5 Å². The fourth-order valence-corrected chi connectivity index (χ4v) is 5.13. The molecule has 0 spiro atoms. The van der Waals surface area contributed by atoms with Crippen LogP contribution >= 0.6 is 0 Å². The Morgan fingerprint density at radius 3 is 1.38 bits per heavy atom. The van der Waals surface area contributed by atoms with Gasteiger partial charge in [0.05, 0.1) is 35.7 Å². The zero-order chi connectivity index (χ0) is 37.1. The highest BCUT2D eigenvalue weighted by molar-refractivity contribution is 5.93. The minimum absolute atomic E-state index is 0.252. The molecule has 0 atom stereocenters. The van der Waals surface area contributed by atoms with E-state index in [0.29, 0.717) is 17.7 Å². The number of aliphatic imine (C=N–C) groups is 2. The van der Waals surface area contributed by atoms with Crippen LogP contribution in [0, 0.1) is 0 Å². The topological polar surface area (TPSA) is 95.8 Å². The van der Waals surface area contributed by atoms with Gasteiger partial charge in [-0.3, -0.25) is 9.98 Å². The summed E-state index contributed by atoms with van der Waals surface area (Å²) in [6, 6.07) is 35.6. The number of hydrogen-bond acceptors (Lipinski definition) is 8. The van der Waals surface area contributed by atoms with E-state index in [-0.39, 0.29) is 11.5 Å².